The number of halogens is 1. The topological polar surface area (TPSA) is 72.2 Å². The van der Waals surface area contributed by atoms with E-state index in [-0.39, 0.29) is 10.6 Å². The summed E-state index contributed by atoms with van der Waals surface area (Å²) in [6.45, 7) is 3.77. The zero-order chi connectivity index (χ0) is 15.6. The second-order valence-corrected chi connectivity index (χ2v) is 6.40. The van der Waals surface area contributed by atoms with Gasteiger partial charge in [0.1, 0.15) is 10.7 Å². The van der Waals surface area contributed by atoms with Gasteiger partial charge < -0.3 is 5.73 Å². The fourth-order valence-electron chi connectivity index (χ4n) is 2.12. The van der Waals surface area contributed by atoms with Crippen molar-refractivity contribution in [2.45, 2.75) is 25.2 Å². The van der Waals surface area contributed by atoms with E-state index in [1.807, 2.05) is 32.0 Å². The number of aryl methyl sites for hydroxylation is 2. The lowest BCUT2D eigenvalue weighted by Gasteiger charge is -2.15. The van der Waals surface area contributed by atoms with Gasteiger partial charge in [-0.3, -0.25) is 4.72 Å². The predicted octanol–water partition coefficient (Wildman–Crippen LogP) is 3.08. The number of anilines is 2. The molecule has 112 valence electrons. The van der Waals surface area contributed by atoms with Gasteiger partial charge in [0, 0.05) is 0 Å². The molecule has 0 fully saturated rings. The second kappa shape index (κ2) is 5.73. The van der Waals surface area contributed by atoms with Crippen molar-refractivity contribution in [1.29, 1.82) is 0 Å². The molecule has 0 heterocycles. The average Bonchev–Trinajstić information content (AvgIpc) is 2.40. The van der Waals surface area contributed by atoms with Gasteiger partial charge in [0.25, 0.3) is 10.0 Å². The maximum atomic E-state index is 13.1. The summed E-state index contributed by atoms with van der Waals surface area (Å²) in [6, 6.07) is 8.79. The van der Waals surface area contributed by atoms with Crippen molar-refractivity contribution in [1.82, 2.24) is 0 Å². The molecule has 2 aromatic carbocycles. The van der Waals surface area contributed by atoms with Crippen molar-refractivity contribution in [2.24, 2.45) is 0 Å². The number of nitrogen functional groups attached to an aromatic ring is 1. The first-order chi connectivity index (χ1) is 9.85. The zero-order valence-electron chi connectivity index (χ0n) is 11.9. The normalized spacial score (nSPS) is 11.4. The van der Waals surface area contributed by atoms with Crippen LogP contribution >= 0.6 is 0 Å². The second-order valence-electron chi connectivity index (χ2n) is 4.75. The average molecular weight is 308 g/mol. The van der Waals surface area contributed by atoms with E-state index >= 15 is 0 Å². The Balaban J connectivity index is 2.47. The molecular weight excluding hydrogens is 291 g/mol. The summed E-state index contributed by atoms with van der Waals surface area (Å²) in [5, 5.41) is 0. The molecule has 0 bridgehead atoms. The van der Waals surface area contributed by atoms with Crippen LogP contribution in [0.25, 0.3) is 0 Å². The molecule has 0 spiro atoms. The smallest absolute Gasteiger partial charge is 0.263 e. The lowest BCUT2D eigenvalue weighted by atomic mass is 10.1. The summed E-state index contributed by atoms with van der Waals surface area (Å²) in [7, 11) is -3.86. The molecule has 0 aliphatic rings. The molecule has 0 saturated heterocycles. The third-order valence-electron chi connectivity index (χ3n) is 3.24. The summed E-state index contributed by atoms with van der Waals surface area (Å²) < 4.78 is 40.5. The van der Waals surface area contributed by atoms with Crippen LogP contribution in [0.2, 0.25) is 0 Å². The quantitative estimate of drug-likeness (QED) is 0.853. The van der Waals surface area contributed by atoms with E-state index in [4.69, 9.17) is 5.73 Å². The van der Waals surface area contributed by atoms with E-state index in [1.165, 1.54) is 0 Å². The molecule has 4 nitrogen and oxygen atoms in total. The summed E-state index contributed by atoms with van der Waals surface area (Å²) in [6.07, 6.45) is 0.693. The highest BCUT2D eigenvalue weighted by Crippen LogP contribution is 2.27. The van der Waals surface area contributed by atoms with Crippen LogP contribution in [0.5, 0.6) is 0 Å². The highest BCUT2D eigenvalue weighted by Gasteiger charge is 2.20. The third-order valence-corrected chi connectivity index (χ3v) is 4.66. The minimum absolute atomic E-state index is 0.117. The van der Waals surface area contributed by atoms with Crippen molar-refractivity contribution in [3.8, 4) is 0 Å². The van der Waals surface area contributed by atoms with Crippen molar-refractivity contribution in [3.05, 3.63) is 53.3 Å². The number of hydrogen-bond donors (Lipinski definition) is 2. The van der Waals surface area contributed by atoms with Crippen molar-refractivity contribution >= 4 is 21.4 Å². The highest BCUT2D eigenvalue weighted by atomic mass is 32.2. The number of benzene rings is 2. The molecule has 0 aliphatic heterocycles. The van der Waals surface area contributed by atoms with Gasteiger partial charge in [-0.2, -0.15) is 0 Å². The zero-order valence-corrected chi connectivity index (χ0v) is 12.7. The fourth-order valence-corrected chi connectivity index (χ4v) is 3.41. The van der Waals surface area contributed by atoms with Crippen molar-refractivity contribution < 1.29 is 12.8 Å². The Kier molecular flexibility index (Phi) is 4.18. The number of sulfonamides is 1. The van der Waals surface area contributed by atoms with Gasteiger partial charge in [0.15, 0.2) is 0 Å². The molecule has 2 rings (SSSR count). The Hall–Kier alpha value is -2.08. The van der Waals surface area contributed by atoms with Gasteiger partial charge in [-0.05, 0) is 42.7 Å². The third kappa shape index (κ3) is 3.16. The van der Waals surface area contributed by atoms with Crippen LogP contribution in [-0.4, -0.2) is 8.42 Å². The van der Waals surface area contributed by atoms with Gasteiger partial charge in [0.05, 0.1) is 11.4 Å². The van der Waals surface area contributed by atoms with Gasteiger partial charge in [-0.1, -0.05) is 25.1 Å². The first-order valence-electron chi connectivity index (χ1n) is 6.51. The minimum Gasteiger partial charge on any atom is -0.398 e. The predicted molar refractivity (Wildman–Crippen MR) is 82.2 cm³/mol. The molecule has 6 heteroatoms. The molecule has 0 aromatic heterocycles. The summed E-state index contributed by atoms with van der Waals surface area (Å²) in [4.78, 5) is -0.130. The molecule has 2 aromatic rings. The lowest BCUT2D eigenvalue weighted by Crippen LogP contribution is -2.16. The monoisotopic (exact) mass is 308 g/mol. The van der Waals surface area contributed by atoms with Crippen LogP contribution in [0.3, 0.4) is 0 Å². The van der Waals surface area contributed by atoms with Crippen LogP contribution in [0, 0.1) is 12.7 Å². The molecule has 0 saturated carbocycles. The largest absolute Gasteiger partial charge is 0.398 e. The number of nitrogens with one attached hydrogen (secondary N) is 1. The maximum Gasteiger partial charge on any atom is 0.263 e. The van der Waals surface area contributed by atoms with Crippen molar-refractivity contribution in [2.75, 3.05) is 10.5 Å². The minimum atomic E-state index is -3.86. The van der Waals surface area contributed by atoms with E-state index in [9.17, 15) is 12.8 Å². The lowest BCUT2D eigenvalue weighted by molar-refractivity contribution is 0.600. The summed E-state index contributed by atoms with van der Waals surface area (Å²) >= 11 is 0. The van der Waals surface area contributed by atoms with E-state index in [2.05, 4.69) is 4.72 Å². The highest BCUT2D eigenvalue weighted by molar-refractivity contribution is 7.92. The van der Waals surface area contributed by atoms with Gasteiger partial charge in [-0.25, -0.2) is 12.8 Å². The summed E-state index contributed by atoms with van der Waals surface area (Å²) in [5.74, 6) is -0.573. The molecule has 0 aliphatic carbocycles. The molecular formula is C15H17FN2O2S. The van der Waals surface area contributed by atoms with E-state index < -0.39 is 15.8 Å². The van der Waals surface area contributed by atoms with E-state index in [1.54, 1.807) is 0 Å². The molecule has 3 N–H and O–H groups in total. The fraction of sp³-hybridized carbons (Fsp3) is 0.200. The molecule has 0 amide bonds. The number of para-hydroxylation sites is 1. The Morgan fingerprint density at radius 3 is 2.57 bits per heavy atom. The van der Waals surface area contributed by atoms with Crippen LogP contribution in [-0.2, 0) is 16.4 Å². The van der Waals surface area contributed by atoms with Gasteiger partial charge >= 0.3 is 0 Å². The van der Waals surface area contributed by atoms with Gasteiger partial charge in [-0.15, -0.1) is 0 Å². The first-order valence-corrected chi connectivity index (χ1v) is 8.00. The maximum absolute atomic E-state index is 13.1. The number of hydrogen-bond acceptors (Lipinski definition) is 3. The molecule has 0 unspecified atom stereocenters. The van der Waals surface area contributed by atoms with Crippen LogP contribution in [0.4, 0.5) is 15.8 Å². The Morgan fingerprint density at radius 2 is 1.95 bits per heavy atom. The summed E-state index contributed by atoms with van der Waals surface area (Å²) in [5.41, 5.74) is 7.75. The van der Waals surface area contributed by atoms with Crippen LogP contribution < -0.4 is 10.5 Å². The number of rotatable bonds is 4. The molecule has 0 radical (unpaired) electrons. The van der Waals surface area contributed by atoms with Gasteiger partial charge in [0.2, 0.25) is 0 Å². The Morgan fingerprint density at radius 1 is 1.24 bits per heavy atom. The van der Waals surface area contributed by atoms with Crippen LogP contribution in [0.1, 0.15) is 18.1 Å². The van der Waals surface area contributed by atoms with E-state index in [0.29, 0.717) is 12.1 Å². The number of nitrogens with two attached hydrogens (primary N) is 1. The Labute approximate surface area is 123 Å². The van der Waals surface area contributed by atoms with E-state index in [0.717, 1.165) is 29.3 Å². The van der Waals surface area contributed by atoms with Crippen molar-refractivity contribution in [3.63, 3.8) is 0 Å². The SMILES string of the molecule is CCc1cccc(C)c1NS(=O)(=O)c1ccc(F)cc1N. The molecule has 0 atom stereocenters. The Bertz CT molecular complexity index is 773. The molecule has 21 heavy (non-hydrogen) atoms. The standard InChI is InChI=1S/C15H17FN2O2S/c1-3-11-6-4-5-10(2)15(11)18-21(19,20)14-8-7-12(16)9-13(14)17/h4-9,18H,3,17H2,1-2H3. The van der Waals surface area contributed by atoms with Crippen LogP contribution in [0.15, 0.2) is 41.3 Å². The first kappa shape index (κ1) is 15.3.